The normalized spacial score (nSPS) is 11.9. The zero-order valence-electron chi connectivity index (χ0n) is 9.25. The minimum atomic E-state index is -4.68. The molecular formula is C11H7Cl2F3N2O. The Morgan fingerprint density at radius 2 is 1.74 bits per heavy atom. The predicted octanol–water partition coefficient (Wildman–Crippen LogP) is 3.69. The van der Waals surface area contributed by atoms with E-state index in [4.69, 9.17) is 28.3 Å². The van der Waals surface area contributed by atoms with E-state index in [-0.39, 0.29) is 5.15 Å². The molecule has 1 heterocycles. The summed E-state index contributed by atoms with van der Waals surface area (Å²) in [4.78, 5) is 0. The molecule has 0 atom stereocenters. The zero-order valence-corrected chi connectivity index (χ0v) is 10.8. The Kier molecular flexibility index (Phi) is 3.75. The minimum absolute atomic E-state index is 0.280. The quantitative estimate of drug-likeness (QED) is 0.918. The average Bonchev–Trinajstić information content (AvgIpc) is 2.67. The summed E-state index contributed by atoms with van der Waals surface area (Å²) in [5, 5.41) is 12.6. The van der Waals surface area contributed by atoms with Gasteiger partial charge < -0.3 is 5.11 Å². The second-order valence-electron chi connectivity index (χ2n) is 3.66. The fraction of sp³-hybridized carbons (Fsp3) is 0.182. The van der Waals surface area contributed by atoms with Crippen LogP contribution in [-0.2, 0) is 12.8 Å². The van der Waals surface area contributed by atoms with E-state index in [0.717, 1.165) is 4.68 Å². The lowest BCUT2D eigenvalue weighted by molar-refractivity contribution is -0.142. The number of halogens is 5. The Morgan fingerprint density at radius 1 is 1.16 bits per heavy atom. The van der Waals surface area contributed by atoms with Crippen LogP contribution >= 0.6 is 23.2 Å². The Balaban J connectivity index is 2.59. The lowest BCUT2D eigenvalue weighted by Crippen LogP contribution is -2.09. The van der Waals surface area contributed by atoms with Gasteiger partial charge in [-0.05, 0) is 24.3 Å². The van der Waals surface area contributed by atoms with E-state index in [2.05, 4.69) is 5.10 Å². The molecule has 0 radical (unpaired) electrons. The molecule has 0 bridgehead atoms. The van der Waals surface area contributed by atoms with Crippen LogP contribution in [0.3, 0.4) is 0 Å². The molecule has 19 heavy (non-hydrogen) atoms. The standard InChI is InChI=1S/C11H7Cl2F3N2O/c12-6-1-3-7(4-2-6)18-10(13)8(5-19)9(17-18)11(14,15)16/h1-4,19H,5H2. The number of hydrogen-bond donors (Lipinski definition) is 1. The summed E-state index contributed by atoms with van der Waals surface area (Å²) in [5.41, 5.74) is -1.33. The molecule has 2 rings (SSSR count). The van der Waals surface area contributed by atoms with E-state index in [1.54, 1.807) is 0 Å². The number of alkyl halides is 3. The van der Waals surface area contributed by atoms with Gasteiger partial charge in [0, 0.05) is 10.6 Å². The predicted molar refractivity (Wildman–Crippen MR) is 64.5 cm³/mol. The van der Waals surface area contributed by atoms with Crippen molar-refractivity contribution in [3.05, 3.63) is 45.7 Å². The van der Waals surface area contributed by atoms with Crippen LogP contribution in [0.2, 0.25) is 10.2 Å². The fourth-order valence-corrected chi connectivity index (χ4v) is 1.96. The molecule has 0 spiro atoms. The van der Waals surface area contributed by atoms with Crippen molar-refractivity contribution >= 4 is 23.2 Å². The van der Waals surface area contributed by atoms with E-state index >= 15 is 0 Å². The molecule has 0 amide bonds. The molecular weight excluding hydrogens is 304 g/mol. The van der Waals surface area contributed by atoms with Crippen LogP contribution in [0.25, 0.3) is 5.69 Å². The summed E-state index contributed by atoms with van der Waals surface area (Å²) in [5.74, 6) is 0. The first-order valence-corrected chi connectivity index (χ1v) is 5.81. The van der Waals surface area contributed by atoms with Gasteiger partial charge in [0.25, 0.3) is 0 Å². The first-order valence-electron chi connectivity index (χ1n) is 5.06. The molecule has 3 nitrogen and oxygen atoms in total. The smallest absolute Gasteiger partial charge is 0.391 e. The Morgan fingerprint density at radius 3 is 2.16 bits per heavy atom. The molecule has 1 aromatic heterocycles. The third kappa shape index (κ3) is 2.70. The van der Waals surface area contributed by atoms with E-state index in [9.17, 15) is 13.2 Å². The maximum absolute atomic E-state index is 12.7. The number of aromatic nitrogens is 2. The van der Waals surface area contributed by atoms with Gasteiger partial charge in [0.2, 0.25) is 0 Å². The van der Waals surface area contributed by atoms with E-state index in [1.165, 1.54) is 24.3 Å². The molecule has 8 heteroatoms. The van der Waals surface area contributed by atoms with Gasteiger partial charge in [-0.15, -0.1) is 0 Å². The van der Waals surface area contributed by atoms with Gasteiger partial charge in [-0.3, -0.25) is 0 Å². The monoisotopic (exact) mass is 310 g/mol. The summed E-state index contributed by atoms with van der Waals surface area (Å²) in [6.45, 7) is -0.846. The lowest BCUT2D eigenvalue weighted by atomic mass is 10.2. The molecule has 1 aromatic carbocycles. The van der Waals surface area contributed by atoms with Crippen LogP contribution in [0.1, 0.15) is 11.3 Å². The van der Waals surface area contributed by atoms with Crippen molar-refractivity contribution in [2.75, 3.05) is 0 Å². The first-order chi connectivity index (χ1) is 8.84. The molecule has 0 aliphatic carbocycles. The highest BCUT2D eigenvalue weighted by atomic mass is 35.5. The van der Waals surface area contributed by atoms with Gasteiger partial charge >= 0.3 is 6.18 Å². The maximum Gasteiger partial charge on any atom is 0.435 e. The van der Waals surface area contributed by atoms with Gasteiger partial charge in [-0.25, -0.2) is 4.68 Å². The maximum atomic E-state index is 12.7. The molecule has 0 fully saturated rings. The van der Waals surface area contributed by atoms with Crippen molar-refractivity contribution in [3.8, 4) is 5.69 Å². The van der Waals surface area contributed by atoms with Crippen LogP contribution < -0.4 is 0 Å². The largest absolute Gasteiger partial charge is 0.435 e. The van der Waals surface area contributed by atoms with Crippen LogP contribution in [-0.4, -0.2) is 14.9 Å². The highest BCUT2D eigenvalue weighted by Gasteiger charge is 2.38. The summed E-state index contributed by atoms with van der Waals surface area (Å²) in [6, 6.07) is 5.95. The van der Waals surface area contributed by atoms with E-state index in [1.807, 2.05) is 0 Å². The van der Waals surface area contributed by atoms with Crippen molar-refractivity contribution in [1.82, 2.24) is 9.78 Å². The van der Waals surface area contributed by atoms with Crippen molar-refractivity contribution < 1.29 is 18.3 Å². The zero-order chi connectivity index (χ0) is 14.2. The Bertz CT molecular complexity index is 593. The molecule has 0 saturated carbocycles. The number of nitrogens with zero attached hydrogens (tertiary/aromatic N) is 2. The fourth-order valence-electron chi connectivity index (χ4n) is 1.55. The lowest BCUT2D eigenvalue weighted by Gasteiger charge is -2.03. The summed E-state index contributed by atoms with van der Waals surface area (Å²) in [6.07, 6.45) is -4.68. The number of aliphatic hydroxyl groups is 1. The summed E-state index contributed by atoms with van der Waals surface area (Å²) in [7, 11) is 0. The number of hydrogen-bond acceptors (Lipinski definition) is 2. The topological polar surface area (TPSA) is 38.1 Å². The number of aliphatic hydroxyl groups excluding tert-OH is 1. The molecule has 1 N–H and O–H groups in total. The van der Waals surface area contributed by atoms with Crippen LogP contribution in [0, 0.1) is 0 Å². The molecule has 0 saturated heterocycles. The minimum Gasteiger partial charge on any atom is -0.391 e. The van der Waals surface area contributed by atoms with E-state index in [0.29, 0.717) is 10.7 Å². The van der Waals surface area contributed by atoms with Crippen molar-refractivity contribution in [2.45, 2.75) is 12.8 Å². The SMILES string of the molecule is OCc1c(C(F)(F)F)nn(-c2ccc(Cl)cc2)c1Cl. The first kappa shape index (κ1) is 14.2. The van der Waals surface area contributed by atoms with Crippen LogP contribution in [0.5, 0.6) is 0 Å². The second kappa shape index (κ2) is 5.03. The molecule has 102 valence electrons. The van der Waals surface area contributed by atoms with Gasteiger partial charge in [-0.2, -0.15) is 18.3 Å². The van der Waals surface area contributed by atoms with Crippen molar-refractivity contribution in [1.29, 1.82) is 0 Å². The van der Waals surface area contributed by atoms with Crippen molar-refractivity contribution in [3.63, 3.8) is 0 Å². The third-order valence-electron chi connectivity index (χ3n) is 2.42. The Labute approximate surface area is 116 Å². The van der Waals surface area contributed by atoms with Crippen LogP contribution in [0.15, 0.2) is 24.3 Å². The highest BCUT2D eigenvalue weighted by molar-refractivity contribution is 6.31. The van der Waals surface area contributed by atoms with Gasteiger partial charge in [0.1, 0.15) is 5.15 Å². The Hall–Kier alpha value is -1.24. The van der Waals surface area contributed by atoms with Gasteiger partial charge in [-0.1, -0.05) is 23.2 Å². The molecule has 0 unspecified atom stereocenters. The average molecular weight is 311 g/mol. The molecule has 2 aromatic rings. The van der Waals surface area contributed by atoms with Gasteiger partial charge in [0.15, 0.2) is 5.69 Å². The van der Waals surface area contributed by atoms with E-state index < -0.39 is 24.0 Å². The number of benzene rings is 1. The van der Waals surface area contributed by atoms with Gasteiger partial charge in [0.05, 0.1) is 12.3 Å². The second-order valence-corrected chi connectivity index (χ2v) is 4.46. The van der Waals surface area contributed by atoms with Crippen LogP contribution in [0.4, 0.5) is 13.2 Å². The third-order valence-corrected chi connectivity index (χ3v) is 3.06. The summed E-state index contributed by atoms with van der Waals surface area (Å²) < 4.78 is 39.1. The summed E-state index contributed by atoms with van der Waals surface area (Å²) >= 11 is 11.5. The highest BCUT2D eigenvalue weighted by Crippen LogP contribution is 2.35. The van der Waals surface area contributed by atoms with Crippen molar-refractivity contribution in [2.24, 2.45) is 0 Å². The number of rotatable bonds is 2. The molecule has 0 aliphatic rings. The molecule has 0 aliphatic heterocycles.